The van der Waals surface area contributed by atoms with Gasteiger partial charge in [0.1, 0.15) is 16.4 Å². The van der Waals surface area contributed by atoms with Gasteiger partial charge in [-0.25, -0.2) is 4.98 Å². The van der Waals surface area contributed by atoms with E-state index in [1.807, 2.05) is 19.3 Å². The second-order valence-electron chi connectivity index (χ2n) is 3.94. The monoisotopic (exact) mass is 233 g/mol. The van der Waals surface area contributed by atoms with E-state index in [1.165, 1.54) is 0 Å². The van der Waals surface area contributed by atoms with Gasteiger partial charge in [0.15, 0.2) is 5.78 Å². The summed E-state index contributed by atoms with van der Waals surface area (Å²) in [5, 5.41) is 5.16. The summed E-state index contributed by atoms with van der Waals surface area (Å²) in [4.78, 5) is 17.2. The minimum absolute atomic E-state index is 0.180. The van der Waals surface area contributed by atoms with Gasteiger partial charge in [-0.05, 0) is 18.9 Å². The Hall–Kier alpha value is -1.49. The van der Waals surface area contributed by atoms with Gasteiger partial charge in [-0.2, -0.15) is 5.10 Å². The van der Waals surface area contributed by atoms with Crippen LogP contribution in [0.3, 0.4) is 0 Å². The van der Waals surface area contributed by atoms with Crippen LogP contribution in [0.4, 0.5) is 0 Å². The third-order valence-electron chi connectivity index (χ3n) is 2.70. The number of aryl methyl sites for hydroxylation is 2. The maximum Gasteiger partial charge on any atom is 0.182 e. The molecule has 0 saturated heterocycles. The summed E-state index contributed by atoms with van der Waals surface area (Å²) in [6.45, 7) is 0. The lowest BCUT2D eigenvalue weighted by atomic mass is 10.0. The first-order valence-electron chi connectivity index (χ1n) is 5.27. The molecule has 16 heavy (non-hydrogen) atoms. The summed E-state index contributed by atoms with van der Waals surface area (Å²) in [5.74, 6) is 0.180. The van der Waals surface area contributed by atoms with Crippen molar-refractivity contribution >= 4 is 17.1 Å². The van der Waals surface area contributed by atoms with Crippen molar-refractivity contribution in [3.05, 3.63) is 22.8 Å². The first-order chi connectivity index (χ1) is 7.74. The van der Waals surface area contributed by atoms with E-state index in [1.54, 1.807) is 16.0 Å². The second kappa shape index (κ2) is 3.52. The molecule has 0 N–H and O–H groups in total. The molecule has 0 aliphatic heterocycles. The molecule has 2 aromatic rings. The fourth-order valence-electron chi connectivity index (χ4n) is 1.91. The molecule has 3 rings (SSSR count). The van der Waals surface area contributed by atoms with Crippen LogP contribution in [0.15, 0.2) is 12.3 Å². The summed E-state index contributed by atoms with van der Waals surface area (Å²) < 4.78 is 1.75. The third kappa shape index (κ3) is 1.48. The van der Waals surface area contributed by atoms with Crippen molar-refractivity contribution in [3.63, 3.8) is 0 Å². The lowest BCUT2D eigenvalue weighted by Gasteiger charge is -2.06. The van der Waals surface area contributed by atoms with E-state index in [2.05, 4.69) is 10.1 Å². The van der Waals surface area contributed by atoms with E-state index in [0.29, 0.717) is 12.1 Å². The van der Waals surface area contributed by atoms with Crippen molar-refractivity contribution < 1.29 is 4.79 Å². The highest BCUT2D eigenvalue weighted by Gasteiger charge is 2.23. The number of hydrogen-bond acceptors (Lipinski definition) is 4. The van der Waals surface area contributed by atoms with E-state index in [9.17, 15) is 4.79 Å². The molecule has 0 atom stereocenters. The van der Waals surface area contributed by atoms with Crippen LogP contribution in [-0.2, 0) is 13.5 Å². The Morgan fingerprint density at radius 3 is 3.00 bits per heavy atom. The summed E-state index contributed by atoms with van der Waals surface area (Å²) in [5.41, 5.74) is 1.53. The number of thiazole rings is 1. The van der Waals surface area contributed by atoms with E-state index < -0.39 is 0 Å². The molecule has 0 radical (unpaired) electrons. The van der Waals surface area contributed by atoms with Gasteiger partial charge in [-0.15, -0.1) is 11.3 Å². The molecular weight excluding hydrogens is 222 g/mol. The Labute approximate surface area is 96.9 Å². The van der Waals surface area contributed by atoms with Crippen LogP contribution in [0.5, 0.6) is 0 Å². The van der Waals surface area contributed by atoms with Crippen LogP contribution >= 0.6 is 11.3 Å². The van der Waals surface area contributed by atoms with Crippen LogP contribution in [0, 0.1) is 0 Å². The van der Waals surface area contributed by atoms with Crippen molar-refractivity contribution in [1.29, 1.82) is 0 Å². The van der Waals surface area contributed by atoms with Crippen LogP contribution in [-0.4, -0.2) is 20.5 Å². The van der Waals surface area contributed by atoms with Gasteiger partial charge in [0.05, 0.1) is 0 Å². The first kappa shape index (κ1) is 9.72. The average molecular weight is 233 g/mol. The number of aromatic nitrogens is 3. The molecule has 1 aliphatic carbocycles. The molecule has 82 valence electrons. The molecule has 0 amide bonds. The molecule has 0 bridgehead atoms. The minimum atomic E-state index is 0.180. The summed E-state index contributed by atoms with van der Waals surface area (Å²) >= 11 is 1.60. The largest absolute Gasteiger partial charge is 0.292 e. The van der Waals surface area contributed by atoms with Crippen molar-refractivity contribution in [2.24, 2.45) is 7.05 Å². The van der Waals surface area contributed by atoms with Crippen LogP contribution in [0.1, 0.15) is 28.2 Å². The fraction of sp³-hybridized carbons (Fsp3) is 0.364. The van der Waals surface area contributed by atoms with Gasteiger partial charge in [-0.3, -0.25) is 9.48 Å². The Kier molecular flexibility index (Phi) is 2.14. The Bertz CT molecular complexity index is 555. The van der Waals surface area contributed by atoms with E-state index in [0.717, 1.165) is 28.4 Å². The van der Waals surface area contributed by atoms with Gasteiger partial charge < -0.3 is 0 Å². The predicted octanol–water partition coefficient (Wildman–Crippen LogP) is 2.06. The molecule has 4 nitrogen and oxygen atoms in total. The molecule has 0 unspecified atom stereocenters. The molecule has 5 heteroatoms. The number of carbonyl (C=O) groups is 1. The third-order valence-corrected chi connectivity index (χ3v) is 3.84. The number of hydrogen-bond donors (Lipinski definition) is 0. The Morgan fingerprint density at radius 1 is 1.44 bits per heavy atom. The standard InChI is InChI=1S/C11H11N3OS/c1-14-6-5-7(13-14)11-12-10-8(15)3-2-4-9(10)16-11/h5-6H,2-4H2,1H3. The maximum absolute atomic E-state index is 11.7. The van der Waals surface area contributed by atoms with Crippen LogP contribution < -0.4 is 0 Å². The lowest BCUT2D eigenvalue weighted by molar-refractivity contribution is 0.0968. The van der Waals surface area contributed by atoms with Crippen molar-refractivity contribution in [1.82, 2.24) is 14.8 Å². The van der Waals surface area contributed by atoms with Gasteiger partial charge in [-0.1, -0.05) is 0 Å². The molecular formula is C11H11N3OS. The van der Waals surface area contributed by atoms with Gasteiger partial charge in [0.2, 0.25) is 0 Å². The zero-order chi connectivity index (χ0) is 11.1. The highest BCUT2D eigenvalue weighted by Crippen LogP contribution is 2.31. The second-order valence-corrected chi connectivity index (χ2v) is 5.03. The van der Waals surface area contributed by atoms with E-state index in [4.69, 9.17) is 0 Å². The van der Waals surface area contributed by atoms with Crippen LogP contribution in [0.2, 0.25) is 0 Å². The highest BCUT2D eigenvalue weighted by atomic mass is 32.1. The number of nitrogens with zero attached hydrogens (tertiary/aromatic N) is 3. The molecule has 0 aromatic carbocycles. The summed E-state index contributed by atoms with van der Waals surface area (Å²) in [6, 6.07) is 1.93. The topological polar surface area (TPSA) is 47.8 Å². The highest BCUT2D eigenvalue weighted by molar-refractivity contribution is 7.15. The molecule has 0 spiro atoms. The van der Waals surface area contributed by atoms with Gasteiger partial charge in [0.25, 0.3) is 0 Å². The van der Waals surface area contributed by atoms with Crippen LogP contribution in [0.25, 0.3) is 10.7 Å². The van der Waals surface area contributed by atoms with Gasteiger partial charge >= 0.3 is 0 Å². The van der Waals surface area contributed by atoms with Crippen molar-refractivity contribution in [3.8, 4) is 10.7 Å². The summed E-state index contributed by atoms with van der Waals surface area (Å²) in [6.07, 6.45) is 4.46. The normalized spacial score (nSPS) is 15.2. The molecule has 0 fully saturated rings. The first-order valence-corrected chi connectivity index (χ1v) is 6.08. The Balaban J connectivity index is 2.07. The average Bonchev–Trinajstić information content (AvgIpc) is 2.84. The number of Topliss-reactive ketones (excluding diaryl/α,β-unsaturated/α-hetero) is 1. The number of ketones is 1. The molecule has 2 heterocycles. The lowest BCUT2D eigenvalue weighted by Crippen LogP contribution is -2.08. The zero-order valence-electron chi connectivity index (χ0n) is 8.93. The number of rotatable bonds is 1. The van der Waals surface area contributed by atoms with Crippen molar-refractivity contribution in [2.45, 2.75) is 19.3 Å². The number of fused-ring (bicyclic) bond motifs is 1. The predicted molar refractivity (Wildman–Crippen MR) is 61.6 cm³/mol. The van der Waals surface area contributed by atoms with E-state index in [-0.39, 0.29) is 5.78 Å². The van der Waals surface area contributed by atoms with E-state index >= 15 is 0 Å². The summed E-state index contributed by atoms with van der Waals surface area (Å²) in [7, 11) is 1.88. The fourth-order valence-corrected chi connectivity index (χ4v) is 2.99. The minimum Gasteiger partial charge on any atom is -0.292 e. The van der Waals surface area contributed by atoms with Gasteiger partial charge in [0, 0.05) is 24.5 Å². The quantitative estimate of drug-likeness (QED) is 0.757. The SMILES string of the molecule is Cn1ccc(-c2nc3c(s2)CCCC3=O)n1. The molecule has 2 aromatic heterocycles. The van der Waals surface area contributed by atoms with Crippen molar-refractivity contribution in [2.75, 3.05) is 0 Å². The smallest absolute Gasteiger partial charge is 0.182 e. The molecule has 0 saturated carbocycles. The Morgan fingerprint density at radius 2 is 2.31 bits per heavy atom. The molecule has 1 aliphatic rings. The zero-order valence-corrected chi connectivity index (χ0v) is 9.75. The maximum atomic E-state index is 11.7. The number of carbonyl (C=O) groups excluding carboxylic acids is 1.